The van der Waals surface area contributed by atoms with Crippen molar-refractivity contribution in [1.82, 2.24) is 20.1 Å². The lowest BCUT2D eigenvalue weighted by molar-refractivity contribution is -0.121. The monoisotopic (exact) mass is 571 g/mol. The predicted octanol–water partition coefficient (Wildman–Crippen LogP) is 6.05. The van der Waals surface area contributed by atoms with Gasteiger partial charge in [0.15, 0.2) is 14.1 Å². The van der Waals surface area contributed by atoms with Gasteiger partial charge in [0.25, 0.3) is 0 Å². The second-order valence-corrected chi connectivity index (χ2v) is 15.4. The fraction of sp³-hybridized carbons (Fsp3) is 0.290. The molecule has 5 rings (SSSR count). The maximum absolute atomic E-state index is 12.7. The highest BCUT2D eigenvalue weighted by Crippen LogP contribution is 2.35. The summed E-state index contributed by atoms with van der Waals surface area (Å²) in [4.78, 5) is 28.2. The Labute approximate surface area is 241 Å². The maximum Gasteiger partial charge on any atom is 0.222 e. The number of amides is 1. The Hall–Kier alpha value is -3.59. The fourth-order valence-corrected chi connectivity index (χ4v) is 6.08. The number of benzene rings is 3. The van der Waals surface area contributed by atoms with Gasteiger partial charge in [0, 0.05) is 22.7 Å². The van der Waals surface area contributed by atoms with Crippen molar-refractivity contribution >= 4 is 31.5 Å². The van der Waals surface area contributed by atoms with E-state index in [1.807, 2.05) is 55.8 Å². The van der Waals surface area contributed by atoms with E-state index in [0.29, 0.717) is 17.4 Å². The van der Waals surface area contributed by atoms with Crippen molar-refractivity contribution in [3.63, 3.8) is 0 Å². The summed E-state index contributed by atoms with van der Waals surface area (Å²) < 4.78 is 2.01. The first-order chi connectivity index (χ1) is 19.1. The minimum Gasteiger partial charge on any atom is -0.432 e. The molecule has 9 heteroatoms. The summed E-state index contributed by atoms with van der Waals surface area (Å²) in [6.07, 6.45) is 1.01. The number of aromatic nitrogens is 3. The standard InChI is InChI=1S/C31H34ClN5O2Si/c1-5-33-29(38)19-27-31-36-35-20(2)37(31)28-14-11-24(23-8-6-7-21(17-23)15-16-40(3,4)39)18-26(28)30(34-27)22-9-12-25(32)13-10-22/h6-14,17-18,27,39H,5,15-16,19H2,1-4H3,(H,33,38). The third kappa shape index (κ3) is 6.09. The van der Waals surface area contributed by atoms with Crippen LogP contribution in [0.2, 0.25) is 24.2 Å². The van der Waals surface area contributed by atoms with Crippen molar-refractivity contribution in [2.24, 2.45) is 4.99 Å². The third-order valence-corrected chi connectivity index (χ3v) is 8.81. The average molecular weight is 572 g/mol. The first kappa shape index (κ1) is 28.0. The van der Waals surface area contributed by atoms with Crippen LogP contribution in [-0.2, 0) is 11.2 Å². The lowest BCUT2D eigenvalue weighted by atomic mass is 9.95. The number of hydrogen-bond donors (Lipinski definition) is 2. The van der Waals surface area contributed by atoms with E-state index in [1.165, 1.54) is 5.56 Å². The van der Waals surface area contributed by atoms with Crippen LogP contribution in [0.4, 0.5) is 0 Å². The number of nitrogens with one attached hydrogen (secondary N) is 1. The Balaban J connectivity index is 1.66. The number of aryl methyl sites for hydroxylation is 2. The minimum absolute atomic E-state index is 0.0866. The van der Waals surface area contributed by atoms with Crippen molar-refractivity contribution in [2.45, 2.75) is 51.9 Å². The molecule has 1 amide bonds. The number of hydrogen-bond acceptors (Lipinski definition) is 5. The molecule has 2 N–H and O–H groups in total. The van der Waals surface area contributed by atoms with Gasteiger partial charge in [0.1, 0.15) is 11.9 Å². The molecule has 2 heterocycles. The zero-order valence-corrected chi connectivity index (χ0v) is 25.0. The van der Waals surface area contributed by atoms with Crippen LogP contribution in [0.5, 0.6) is 0 Å². The maximum atomic E-state index is 12.7. The Kier molecular flexibility index (Phi) is 8.03. The lowest BCUT2D eigenvalue weighted by Crippen LogP contribution is -2.25. The van der Waals surface area contributed by atoms with Gasteiger partial charge in [-0.2, -0.15) is 0 Å². The molecule has 0 spiro atoms. The molecule has 0 radical (unpaired) electrons. The fourth-order valence-electron chi connectivity index (χ4n) is 5.05. The highest BCUT2D eigenvalue weighted by Gasteiger charge is 2.30. The number of carbonyl (C=O) groups excluding carboxylic acids is 1. The molecule has 0 saturated carbocycles. The number of nitrogens with zero attached hydrogens (tertiary/aromatic N) is 4. The zero-order valence-electron chi connectivity index (χ0n) is 23.3. The van der Waals surface area contributed by atoms with Crippen LogP contribution in [0, 0.1) is 6.92 Å². The molecule has 206 valence electrons. The highest BCUT2D eigenvalue weighted by molar-refractivity contribution is 6.69. The molecule has 0 fully saturated rings. The van der Waals surface area contributed by atoms with Crippen LogP contribution >= 0.6 is 11.6 Å². The van der Waals surface area contributed by atoms with Crippen LogP contribution in [0.15, 0.2) is 71.7 Å². The van der Waals surface area contributed by atoms with Gasteiger partial charge in [-0.3, -0.25) is 14.4 Å². The molecular weight excluding hydrogens is 538 g/mol. The molecule has 1 atom stereocenters. The topological polar surface area (TPSA) is 92.4 Å². The second-order valence-electron chi connectivity index (χ2n) is 10.8. The smallest absolute Gasteiger partial charge is 0.222 e. The van der Waals surface area contributed by atoms with Gasteiger partial charge in [-0.15, -0.1) is 10.2 Å². The van der Waals surface area contributed by atoms with Crippen molar-refractivity contribution in [1.29, 1.82) is 0 Å². The SMILES string of the molecule is CCNC(=O)CC1N=C(c2ccc(Cl)cc2)c2cc(-c3cccc(CC[Si](C)(C)O)c3)ccc2-n2c(C)nnc21. The summed E-state index contributed by atoms with van der Waals surface area (Å²) >= 11 is 6.24. The van der Waals surface area contributed by atoms with E-state index in [0.717, 1.165) is 51.9 Å². The highest BCUT2D eigenvalue weighted by atomic mass is 35.5. The van der Waals surface area contributed by atoms with E-state index in [4.69, 9.17) is 16.6 Å². The molecule has 1 aliphatic rings. The predicted molar refractivity (Wildman–Crippen MR) is 163 cm³/mol. The second kappa shape index (κ2) is 11.5. The van der Waals surface area contributed by atoms with E-state index in [2.05, 4.69) is 58.0 Å². The van der Waals surface area contributed by atoms with Gasteiger partial charge < -0.3 is 10.1 Å². The van der Waals surface area contributed by atoms with Gasteiger partial charge in [-0.25, -0.2) is 0 Å². The van der Waals surface area contributed by atoms with Crippen LogP contribution in [-0.4, -0.2) is 46.0 Å². The summed E-state index contributed by atoms with van der Waals surface area (Å²) in [5, 5.41) is 12.4. The van der Waals surface area contributed by atoms with Crippen LogP contribution < -0.4 is 5.32 Å². The van der Waals surface area contributed by atoms with Crippen molar-refractivity contribution < 1.29 is 9.59 Å². The summed E-state index contributed by atoms with van der Waals surface area (Å²) in [5.74, 6) is 1.28. The molecule has 3 aromatic carbocycles. The molecule has 1 unspecified atom stereocenters. The first-order valence-electron chi connectivity index (χ1n) is 13.6. The molecule has 0 bridgehead atoms. The van der Waals surface area contributed by atoms with Crippen molar-refractivity contribution in [2.75, 3.05) is 6.54 Å². The summed E-state index contributed by atoms with van der Waals surface area (Å²) in [6.45, 7) is 8.31. The summed E-state index contributed by atoms with van der Waals surface area (Å²) in [6, 6.07) is 22.8. The van der Waals surface area contributed by atoms with Crippen molar-refractivity contribution in [3.05, 3.63) is 100 Å². The normalized spacial score (nSPS) is 14.7. The number of aliphatic imine (C=N–C) groups is 1. The van der Waals surface area contributed by atoms with E-state index >= 15 is 0 Å². The minimum atomic E-state index is -2.14. The van der Waals surface area contributed by atoms with E-state index < -0.39 is 14.4 Å². The number of halogens is 1. The number of rotatable bonds is 8. The molecule has 4 aromatic rings. The van der Waals surface area contributed by atoms with Gasteiger partial charge in [-0.05, 0) is 80.4 Å². The molecular formula is C31H34ClN5O2Si. The van der Waals surface area contributed by atoms with Gasteiger partial charge >= 0.3 is 0 Å². The van der Waals surface area contributed by atoms with Crippen LogP contribution in [0.1, 0.15) is 47.7 Å². The summed E-state index contributed by atoms with van der Waals surface area (Å²) in [5.41, 5.74) is 6.87. The Morgan fingerprint density at radius 2 is 1.75 bits per heavy atom. The quantitative estimate of drug-likeness (QED) is 0.252. The lowest BCUT2D eigenvalue weighted by Gasteiger charge is -2.16. The first-order valence-corrected chi connectivity index (χ1v) is 17.1. The Morgan fingerprint density at radius 3 is 2.48 bits per heavy atom. The molecule has 7 nitrogen and oxygen atoms in total. The van der Waals surface area contributed by atoms with E-state index in [9.17, 15) is 9.59 Å². The molecule has 1 aliphatic heterocycles. The zero-order chi connectivity index (χ0) is 28.4. The van der Waals surface area contributed by atoms with Gasteiger partial charge in [0.2, 0.25) is 5.91 Å². The van der Waals surface area contributed by atoms with E-state index in [1.54, 1.807) is 0 Å². The Bertz CT molecular complexity index is 1570. The molecule has 0 saturated heterocycles. The van der Waals surface area contributed by atoms with E-state index in [-0.39, 0.29) is 12.3 Å². The van der Waals surface area contributed by atoms with Crippen LogP contribution in [0.25, 0.3) is 16.8 Å². The molecule has 1 aromatic heterocycles. The van der Waals surface area contributed by atoms with Gasteiger partial charge in [-0.1, -0.05) is 54.1 Å². The largest absolute Gasteiger partial charge is 0.432 e. The molecule has 40 heavy (non-hydrogen) atoms. The average Bonchev–Trinajstić information content (AvgIpc) is 3.25. The van der Waals surface area contributed by atoms with Crippen LogP contribution in [0.3, 0.4) is 0 Å². The number of carbonyl (C=O) groups is 1. The Morgan fingerprint density at radius 1 is 1.02 bits per heavy atom. The third-order valence-electron chi connectivity index (χ3n) is 7.08. The number of fused-ring (bicyclic) bond motifs is 3. The molecule has 0 aliphatic carbocycles. The summed E-state index contributed by atoms with van der Waals surface area (Å²) in [7, 11) is -2.14. The van der Waals surface area contributed by atoms with Crippen molar-refractivity contribution in [3.8, 4) is 16.8 Å². The van der Waals surface area contributed by atoms with Gasteiger partial charge in [0.05, 0.1) is 17.8 Å².